The first-order chi connectivity index (χ1) is 9.85. The second-order valence-corrected chi connectivity index (χ2v) is 5.56. The van der Waals surface area contributed by atoms with Gasteiger partial charge in [0.1, 0.15) is 12.3 Å². The van der Waals surface area contributed by atoms with Crippen molar-refractivity contribution >= 4 is 11.9 Å². The summed E-state index contributed by atoms with van der Waals surface area (Å²) in [5, 5.41) is 27.7. The topological polar surface area (TPSA) is 98.1 Å². The predicted octanol–water partition coefficient (Wildman–Crippen LogP) is 0.718. The van der Waals surface area contributed by atoms with Crippen LogP contribution >= 0.6 is 0 Å². The summed E-state index contributed by atoms with van der Waals surface area (Å²) in [7, 11) is 0. The number of carbonyl (C=O) groups is 2. The van der Waals surface area contributed by atoms with Gasteiger partial charge >= 0.3 is 5.97 Å². The molecule has 1 atom stereocenters. The molecule has 1 aliphatic rings. The molecule has 1 amide bonds. The zero-order valence-electron chi connectivity index (χ0n) is 11.8. The summed E-state index contributed by atoms with van der Waals surface area (Å²) in [4.78, 5) is 24.8. The van der Waals surface area contributed by atoms with E-state index in [-0.39, 0.29) is 18.2 Å². The third kappa shape index (κ3) is 3.33. The van der Waals surface area contributed by atoms with Gasteiger partial charge in [0.25, 0.3) is 0 Å². The molecule has 1 aromatic rings. The molecule has 21 heavy (non-hydrogen) atoms. The Morgan fingerprint density at radius 1 is 1.29 bits per heavy atom. The number of rotatable bonds is 6. The standard InChI is InChI=1S/C15H19NO5/c1-10(17)8-16(9-13(19)20)14(21)15(6-7-15)11-2-4-12(18)5-3-11/h2-5,10,17-18H,6-9H2,1H3,(H,19,20)/t10-/m1/s1. The first kappa shape index (κ1) is 15.3. The number of amides is 1. The van der Waals surface area contributed by atoms with Crippen LogP contribution in [0.3, 0.4) is 0 Å². The third-order valence-electron chi connectivity index (χ3n) is 3.68. The Labute approximate surface area is 122 Å². The maximum absolute atomic E-state index is 12.7. The van der Waals surface area contributed by atoms with Crippen LogP contribution in [-0.4, -0.2) is 51.3 Å². The number of aliphatic hydroxyl groups excluding tert-OH is 1. The fraction of sp³-hybridized carbons (Fsp3) is 0.467. The van der Waals surface area contributed by atoms with Crippen LogP contribution in [0, 0.1) is 0 Å². The molecule has 0 aromatic heterocycles. The highest BCUT2D eigenvalue weighted by Gasteiger charge is 2.53. The van der Waals surface area contributed by atoms with E-state index in [9.17, 15) is 19.8 Å². The van der Waals surface area contributed by atoms with Crippen LogP contribution in [0.15, 0.2) is 24.3 Å². The molecule has 1 aliphatic carbocycles. The summed E-state index contributed by atoms with van der Waals surface area (Å²) in [5.41, 5.74) is 0.0594. The summed E-state index contributed by atoms with van der Waals surface area (Å²) in [6.45, 7) is 1.08. The van der Waals surface area contributed by atoms with Crippen LogP contribution in [0.2, 0.25) is 0 Å². The second kappa shape index (κ2) is 5.73. The first-order valence-corrected chi connectivity index (χ1v) is 6.84. The number of hydrogen-bond donors (Lipinski definition) is 3. The van der Waals surface area contributed by atoms with Crippen LogP contribution < -0.4 is 0 Å². The highest BCUT2D eigenvalue weighted by molar-refractivity contribution is 5.93. The Bertz CT molecular complexity index is 533. The number of hydrogen-bond acceptors (Lipinski definition) is 4. The van der Waals surface area contributed by atoms with E-state index in [1.165, 1.54) is 24.0 Å². The van der Waals surface area contributed by atoms with Gasteiger partial charge in [-0.05, 0) is 37.5 Å². The highest BCUT2D eigenvalue weighted by atomic mass is 16.4. The van der Waals surface area contributed by atoms with E-state index in [4.69, 9.17) is 5.11 Å². The number of carboxylic acids is 1. The van der Waals surface area contributed by atoms with Gasteiger partial charge in [-0.3, -0.25) is 9.59 Å². The zero-order valence-corrected chi connectivity index (χ0v) is 11.8. The van der Waals surface area contributed by atoms with E-state index in [1.807, 2.05) is 0 Å². The number of phenolic OH excluding ortho intramolecular Hbond substituents is 1. The number of carboxylic acid groups (broad SMARTS) is 1. The second-order valence-electron chi connectivity index (χ2n) is 5.56. The van der Waals surface area contributed by atoms with E-state index in [2.05, 4.69) is 0 Å². The van der Waals surface area contributed by atoms with Gasteiger partial charge < -0.3 is 20.2 Å². The Morgan fingerprint density at radius 2 is 1.86 bits per heavy atom. The zero-order chi connectivity index (χ0) is 15.6. The highest BCUT2D eigenvalue weighted by Crippen LogP contribution is 2.49. The number of aliphatic hydroxyl groups is 1. The number of benzene rings is 1. The molecule has 6 heteroatoms. The van der Waals surface area contributed by atoms with Crippen molar-refractivity contribution in [2.75, 3.05) is 13.1 Å². The molecule has 0 unspecified atom stereocenters. The van der Waals surface area contributed by atoms with E-state index >= 15 is 0 Å². The molecule has 0 radical (unpaired) electrons. The number of aliphatic carboxylic acids is 1. The summed E-state index contributed by atoms with van der Waals surface area (Å²) in [6.07, 6.45) is 0.503. The smallest absolute Gasteiger partial charge is 0.323 e. The van der Waals surface area contributed by atoms with Crippen LogP contribution in [0.4, 0.5) is 0 Å². The quantitative estimate of drug-likeness (QED) is 0.718. The third-order valence-corrected chi connectivity index (χ3v) is 3.68. The minimum Gasteiger partial charge on any atom is -0.508 e. The van der Waals surface area contributed by atoms with Gasteiger partial charge in [0.15, 0.2) is 0 Å². The molecule has 114 valence electrons. The molecule has 0 spiro atoms. The maximum Gasteiger partial charge on any atom is 0.323 e. The monoisotopic (exact) mass is 293 g/mol. The lowest BCUT2D eigenvalue weighted by molar-refractivity contribution is -0.146. The minimum atomic E-state index is -1.11. The number of carbonyl (C=O) groups excluding carboxylic acids is 1. The number of phenols is 1. The normalized spacial score (nSPS) is 17.0. The van der Waals surface area contributed by atoms with Crippen molar-refractivity contribution in [3.05, 3.63) is 29.8 Å². The van der Waals surface area contributed by atoms with Crippen molar-refractivity contribution in [2.45, 2.75) is 31.3 Å². The SMILES string of the molecule is C[C@@H](O)CN(CC(=O)O)C(=O)C1(c2ccc(O)cc2)CC1. The molecule has 0 heterocycles. The average molecular weight is 293 g/mol. The molecule has 0 saturated heterocycles. The molecule has 0 aliphatic heterocycles. The van der Waals surface area contributed by atoms with Gasteiger partial charge in [0, 0.05) is 6.54 Å². The van der Waals surface area contributed by atoms with Gasteiger partial charge in [-0.2, -0.15) is 0 Å². The fourth-order valence-electron chi connectivity index (χ4n) is 2.54. The molecule has 3 N–H and O–H groups in total. The molecular formula is C15H19NO5. The van der Waals surface area contributed by atoms with E-state index in [0.717, 1.165) is 5.56 Å². The van der Waals surface area contributed by atoms with Crippen LogP contribution in [0.25, 0.3) is 0 Å². The molecule has 1 aromatic carbocycles. The Hall–Kier alpha value is -2.08. The first-order valence-electron chi connectivity index (χ1n) is 6.84. The van der Waals surface area contributed by atoms with Crippen molar-refractivity contribution in [1.82, 2.24) is 4.90 Å². The summed E-state index contributed by atoms with van der Waals surface area (Å²) < 4.78 is 0. The van der Waals surface area contributed by atoms with Gasteiger partial charge in [0.05, 0.1) is 11.5 Å². The van der Waals surface area contributed by atoms with Crippen molar-refractivity contribution in [3.8, 4) is 5.75 Å². The largest absolute Gasteiger partial charge is 0.508 e. The lowest BCUT2D eigenvalue weighted by Gasteiger charge is -2.27. The molecular weight excluding hydrogens is 274 g/mol. The van der Waals surface area contributed by atoms with Crippen LogP contribution in [-0.2, 0) is 15.0 Å². The lowest BCUT2D eigenvalue weighted by atomic mass is 9.94. The fourth-order valence-corrected chi connectivity index (χ4v) is 2.54. The summed E-state index contributed by atoms with van der Waals surface area (Å²) in [5.74, 6) is -1.27. The van der Waals surface area contributed by atoms with E-state index in [1.54, 1.807) is 12.1 Å². The van der Waals surface area contributed by atoms with Gasteiger partial charge in [-0.15, -0.1) is 0 Å². The molecule has 6 nitrogen and oxygen atoms in total. The van der Waals surface area contributed by atoms with Crippen molar-refractivity contribution < 1.29 is 24.9 Å². The molecule has 0 bridgehead atoms. The Balaban J connectivity index is 2.22. The van der Waals surface area contributed by atoms with Crippen molar-refractivity contribution in [1.29, 1.82) is 0 Å². The Morgan fingerprint density at radius 3 is 2.29 bits per heavy atom. The Kier molecular flexibility index (Phi) is 4.18. The minimum absolute atomic E-state index is 0.00896. The molecule has 1 saturated carbocycles. The van der Waals surface area contributed by atoms with E-state index in [0.29, 0.717) is 12.8 Å². The van der Waals surface area contributed by atoms with Gasteiger partial charge in [-0.1, -0.05) is 12.1 Å². The van der Waals surface area contributed by atoms with Gasteiger partial charge in [0.2, 0.25) is 5.91 Å². The molecule has 2 rings (SSSR count). The summed E-state index contributed by atoms with van der Waals surface area (Å²) >= 11 is 0. The average Bonchev–Trinajstić information content (AvgIpc) is 3.18. The number of nitrogens with zero attached hydrogens (tertiary/aromatic N) is 1. The van der Waals surface area contributed by atoms with E-state index < -0.39 is 24.0 Å². The van der Waals surface area contributed by atoms with Crippen LogP contribution in [0.1, 0.15) is 25.3 Å². The summed E-state index contributed by atoms with van der Waals surface area (Å²) in [6, 6.07) is 6.39. The molecule has 1 fully saturated rings. The predicted molar refractivity (Wildman–Crippen MR) is 74.9 cm³/mol. The van der Waals surface area contributed by atoms with Crippen molar-refractivity contribution in [2.24, 2.45) is 0 Å². The van der Waals surface area contributed by atoms with Crippen molar-refractivity contribution in [3.63, 3.8) is 0 Å². The maximum atomic E-state index is 12.7. The van der Waals surface area contributed by atoms with Gasteiger partial charge in [-0.25, -0.2) is 0 Å². The number of aromatic hydroxyl groups is 1. The van der Waals surface area contributed by atoms with Crippen LogP contribution in [0.5, 0.6) is 5.75 Å². The lowest BCUT2D eigenvalue weighted by Crippen LogP contribution is -2.45.